The van der Waals surface area contributed by atoms with Crippen LogP contribution in [0.2, 0.25) is 0 Å². The number of benzene rings is 21. The van der Waals surface area contributed by atoms with E-state index in [9.17, 15) is 0 Å². The van der Waals surface area contributed by atoms with E-state index in [2.05, 4.69) is 473 Å². The standard InChI is InChI=1S/C142H84N4/c1-2-34-85(35-3-1)102-81-91(92-44-30-64-125-133(92)99-41-8-15-51-109(99)140(125)119-59-23-18-54-114(119)138(115-55-19-24-60-120(115)140)108-50-14-7-40-96(108)104-80-88(71-74-113(104)138)132-84-144-130-67-28-29-68-131(130)145-132)78-89-72-76-129(146-136(89)102)87-70-73-112-103(79-87)95-39-6-13-49-107(95)137(112)116-56-20-25-61-121(116)141(122-62-26-21-57-117(122)137)110-52-16-9-42-100(110)134-97(45-31-65-126(134)141)98-46-32-66-127-135(98)101-43-10-17-53-111(101)142(127)123-63-27-22-58-118(123)139(105-47-11-4-37-93(105)94-38-5-12-48-106(94)139)128-82-86(69-75-124(128)142)90-36-33-77-143-83-90/h1-84H. The molecule has 3 aromatic heterocycles. The van der Waals surface area contributed by atoms with Gasteiger partial charge in [-0.05, 0) is 294 Å². The van der Waals surface area contributed by atoms with Crippen molar-refractivity contribution in [1.82, 2.24) is 19.9 Å². The average Bonchev–Trinajstić information content (AvgIpc) is 1.45. The van der Waals surface area contributed by atoms with Crippen molar-refractivity contribution in [2.24, 2.45) is 0 Å². The van der Waals surface area contributed by atoms with E-state index in [1.807, 2.05) is 36.8 Å². The maximum atomic E-state index is 5.96. The molecule has 21 aromatic carbocycles. The van der Waals surface area contributed by atoms with E-state index in [1.54, 1.807) is 0 Å². The topological polar surface area (TPSA) is 51.6 Å². The first-order valence-corrected chi connectivity index (χ1v) is 51.1. The van der Waals surface area contributed by atoms with Crippen LogP contribution in [0.1, 0.15) is 134 Å². The molecule has 9 aliphatic rings. The highest BCUT2D eigenvalue weighted by Gasteiger charge is 2.64. The largest absolute Gasteiger partial charge is 0.264 e. The Kier molecular flexibility index (Phi) is 16.0. The van der Waals surface area contributed by atoms with Crippen LogP contribution in [0, 0.1) is 0 Å². The van der Waals surface area contributed by atoms with Crippen LogP contribution in [0.25, 0.3) is 156 Å². The molecule has 6 spiro atoms. The summed E-state index contributed by atoms with van der Waals surface area (Å²) in [6.07, 6.45) is 5.83. The smallest absolute Gasteiger partial charge is 0.0894 e. The number of rotatable bonds is 6. The predicted octanol–water partition coefficient (Wildman–Crippen LogP) is 32.7. The third-order valence-electron chi connectivity index (χ3n) is 35.3. The molecule has 0 saturated carbocycles. The van der Waals surface area contributed by atoms with Crippen molar-refractivity contribution in [2.45, 2.75) is 32.5 Å². The van der Waals surface area contributed by atoms with Gasteiger partial charge in [-0.15, -0.1) is 0 Å². The number of fused-ring (bicyclic) bond motifs is 50. The molecule has 33 rings (SSSR count). The van der Waals surface area contributed by atoms with Gasteiger partial charge in [-0.25, -0.2) is 9.97 Å². The minimum absolute atomic E-state index is 0.645. The van der Waals surface area contributed by atoms with Crippen LogP contribution in [0.5, 0.6) is 0 Å². The molecule has 4 heteroatoms. The van der Waals surface area contributed by atoms with E-state index >= 15 is 0 Å². The first-order valence-electron chi connectivity index (χ1n) is 51.1. The Balaban J connectivity index is 0.527. The first-order chi connectivity index (χ1) is 72.4. The molecule has 0 fully saturated rings. The molecule has 4 nitrogen and oxygen atoms in total. The van der Waals surface area contributed by atoms with Gasteiger partial charge in [0, 0.05) is 34.5 Å². The molecule has 1 unspecified atom stereocenters. The maximum Gasteiger partial charge on any atom is 0.0894 e. The Morgan fingerprint density at radius 2 is 0.452 bits per heavy atom. The van der Waals surface area contributed by atoms with Gasteiger partial charge >= 0.3 is 0 Å². The van der Waals surface area contributed by atoms with Crippen molar-refractivity contribution in [3.05, 3.63) is 643 Å². The monoisotopic (exact) mass is 1840 g/mol. The third-order valence-corrected chi connectivity index (χ3v) is 35.3. The van der Waals surface area contributed by atoms with Crippen LogP contribution in [-0.2, 0) is 32.5 Å². The van der Waals surface area contributed by atoms with Crippen molar-refractivity contribution < 1.29 is 0 Å². The van der Waals surface area contributed by atoms with E-state index in [-0.39, 0.29) is 0 Å². The zero-order valence-electron chi connectivity index (χ0n) is 79.3. The van der Waals surface area contributed by atoms with Gasteiger partial charge in [-0.2, -0.15) is 0 Å². The van der Waals surface area contributed by atoms with Crippen LogP contribution in [-0.4, -0.2) is 19.9 Å². The van der Waals surface area contributed by atoms with Gasteiger partial charge in [0.05, 0.1) is 66.6 Å². The molecule has 3 heterocycles. The minimum Gasteiger partial charge on any atom is -0.264 e. The number of hydrogen-bond acceptors (Lipinski definition) is 4. The van der Waals surface area contributed by atoms with Gasteiger partial charge in [0.2, 0.25) is 0 Å². The van der Waals surface area contributed by atoms with E-state index in [0.717, 1.165) is 72.3 Å². The van der Waals surface area contributed by atoms with E-state index < -0.39 is 32.5 Å². The summed E-state index contributed by atoms with van der Waals surface area (Å²) in [5, 5.41) is 1.07. The Morgan fingerprint density at radius 1 is 0.144 bits per heavy atom. The highest BCUT2D eigenvalue weighted by Crippen LogP contribution is 2.74. The van der Waals surface area contributed by atoms with E-state index in [4.69, 9.17) is 19.9 Å². The second kappa shape index (κ2) is 29.1. The molecular weight excluding hydrogens is 1760 g/mol. The summed E-state index contributed by atoms with van der Waals surface area (Å²) in [6, 6.07) is 189. The maximum absolute atomic E-state index is 5.96. The van der Waals surface area contributed by atoms with Gasteiger partial charge in [-0.1, -0.05) is 437 Å². The average molecular weight is 1850 g/mol. The zero-order valence-corrected chi connectivity index (χ0v) is 79.3. The van der Waals surface area contributed by atoms with Crippen LogP contribution in [0.15, 0.2) is 510 Å². The Morgan fingerprint density at radius 3 is 0.890 bits per heavy atom. The van der Waals surface area contributed by atoms with Gasteiger partial charge in [0.25, 0.3) is 0 Å². The second-order valence-electron chi connectivity index (χ2n) is 41.2. The fourth-order valence-corrected chi connectivity index (χ4v) is 30.2. The van der Waals surface area contributed by atoms with Crippen LogP contribution in [0.4, 0.5) is 0 Å². The summed E-state index contributed by atoms with van der Waals surface area (Å²) in [4.78, 5) is 20.8. The van der Waals surface area contributed by atoms with E-state index in [0.29, 0.717) is 0 Å². The SMILES string of the molecule is c1ccc(-c2cc(-c3cccc4c3-c3ccccc3C43c4ccccc4C4(c5ccccc5-c5cc(-c6cnc7ccccc7n6)ccc54)c4ccccc43)cc3ccc(-c4ccc5c(c4)-c4ccccc4C54c5ccccc5C5(c6ccccc6-c6c(-c7cccc8c7-c7ccccc7C87c8ccccc8C8(c9ccccc9-c9ccccc98)c8cc(-c9cccnc9)ccc87)cccc65)c5ccccc54)nc23)cc1. The third kappa shape index (κ3) is 9.72. The molecule has 0 bridgehead atoms. The number of nitrogens with zero attached hydrogens (tertiary/aromatic N) is 4. The normalized spacial score (nSPS) is 15.8. The van der Waals surface area contributed by atoms with Crippen molar-refractivity contribution in [3.8, 4) is 134 Å². The van der Waals surface area contributed by atoms with Gasteiger partial charge in [-0.3, -0.25) is 9.97 Å². The number of pyridine rings is 2. The predicted molar refractivity (Wildman–Crippen MR) is 590 cm³/mol. The molecular formula is C142H84N4. The van der Waals surface area contributed by atoms with Crippen molar-refractivity contribution in [1.29, 1.82) is 0 Å². The molecule has 0 N–H and O–H groups in total. The molecule has 24 aromatic rings. The molecule has 1 atom stereocenters. The molecule has 0 aliphatic heterocycles. The molecule has 0 amide bonds. The van der Waals surface area contributed by atoms with Gasteiger partial charge < -0.3 is 0 Å². The fraction of sp³-hybridized carbons (Fsp3) is 0.0423. The Bertz CT molecular complexity index is 9810. The Labute approximate surface area is 845 Å². The summed E-state index contributed by atoms with van der Waals surface area (Å²) < 4.78 is 0. The molecule has 146 heavy (non-hydrogen) atoms. The van der Waals surface area contributed by atoms with Gasteiger partial charge in [0.15, 0.2) is 0 Å². The lowest BCUT2D eigenvalue weighted by Crippen LogP contribution is -2.43. The van der Waals surface area contributed by atoms with Crippen LogP contribution >= 0.6 is 0 Å². The summed E-state index contributed by atoms with van der Waals surface area (Å²) in [7, 11) is 0. The summed E-state index contributed by atoms with van der Waals surface area (Å²) in [5.74, 6) is 0. The minimum atomic E-state index is -0.749. The summed E-state index contributed by atoms with van der Waals surface area (Å²) in [5.41, 5.74) is 57.5. The first kappa shape index (κ1) is 80.2. The lowest BCUT2D eigenvalue weighted by atomic mass is 9.52. The lowest BCUT2D eigenvalue weighted by Gasteiger charge is -2.49. The van der Waals surface area contributed by atoms with E-state index in [1.165, 1.54) is 217 Å². The number of aromatic nitrogens is 4. The van der Waals surface area contributed by atoms with Crippen LogP contribution in [0.3, 0.4) is 0 Å². The second-order valence-corrected chi connectivity index (χ2v) is 41.2. The molecule has 0 radical (unpaired) electrons. The van der Waals surface area contributed by atoms with Crippen molar-refractivity contribution in [2.75, 3.05) is 0 Å². The summed E-state index contributed by atoms with van der Waals surface area (Å²) >= 11 is 0. The number of para-hydroxylation sites is 2. The molecule has 9 aliphatic carbocycles. The van der Waals surface area contributed by atoms with Gasteiger partial charge in [0.1, 0.15) is 0 Å². The van der Waals surface area contributed by atoms with Crippen molar-refractivity contribution >= 4 is 21.9 Å². The lowest BCUT2D eigenvalue weighted by molar-refractivity contribution is 0.633. The molecule has 0 saturated heterocycles. The Hall–Kier alpha value is -18.5. The highest BCUT2D eigenvalue weighted by molar-refractivity contribution is 6.08. The quantitative estimate of drug-likeness (QED) is 0.166. The fourth-order valence-electron chi connectivity index (χ4n) is 30.2. The zero-order chi connectivity index (χ0) is 95.2. The van der Waals surface area contributed by atoms with Crippen LogP contribution < -0.4 is 0 Å². The highest BCUT2D eigenvalue weighted by atomic mass is 14.8. The summed E-state index contributed by atoms with van der Waals surface area (Å²) in [6.45, 7) is 0. The van der Waals surface area contributed by atoms with Crippen molar-refractivity contribution in [3.63, 3.8) is 0 Å². The molecule has 672 valence electrons. The number of hydrogen-bond donors (Lipinski definition) is 0.